The lowest BCUT2D eigenvalue weighted by molar-refractivity contribution is 0.209. The number of aromatic nitrogens is 3. The zero-order chi connectivity index (χ0) is 23.5. The van der Waals surface area contributed by atoms with E-state index in [9.17, 15) is 5.11 Å². The van der Waals surface area contributed by atoms with Gasteiger partial charge < -0.3 is 9.67 Å². The predicted octanol–water partition coefficient (Wildman–Crippen LogP) is 6.16. The highest BCUT2D eigenvalue weighted by molar-refractivity contribution is 6.30. The lowest BCUT2D eigenvalue weighted by Crippen LogP contribution is -2.38. The molecule has 0 aliphatic rings. The zero-order valence-corrected chi connectivity index (χ0v) is 19.5. The van der Waals surface area contributed by atoms with E-state index in [1.807, 2.05) is 31.5 Å². The van der Waals surface area contributed by atoms with E-state index in [0.717, 1.165) is 22.4 Å². The van der Waals surface area contributed by atoms with Gasteiger partial charge in [0.05, 0.1) is 22.7 Å². The number of imidazole rings is 1. The summed E-state index contributed by atoms with van der Waals surface area (Å²) in [4.78, 5) is 9.01. The van der Waals surface area contributed by atoms with Gasteiger partial charge in [0, 0.05) is 11.9 Å². The zero-order valence-electron chi connectivity index (χ0n) is 18.7. The Bertz CT molecular complexity index is 1270. The van der Waals surface area contributed by atoms with Crippen LogP contribution in [0.1, 0.15) is 39.9 Å². The number of benzene rings is 3. The molecule has 5 rings (SSSR count). The van der Waals surface area contributed by atoms with Crippen molar-refractivity contribution in [1.82, 2.24) is 14.5 Å². The molecule has 0 radical (unpaired) electrons. The van der Waals surface area contributed by atoms with Gasteiger partial charge in [-0.1, -0.05) is 103 Å². The Labute approximate surface area is 204 Å². The lowest BCUT2D eigenvalue weighted by Gasteiger charge is -2.38. The Morgan fingerprint density at radius 2 is 1.24 bits per heavy atom. The van der Waals surface area contributed by atoms with Crippen molar-refractivity contribution in [2.45, 2.75) is 18.6 Å². The van der Waals surface area contributed by atoms with Crippen LogP contribution in [-0.4, -0.2) is 19.6 Å². The fraction of sp³-hybridized carbons (Fsp3) is 0.103. The molecular formula is C29H24ClN3O. The number of hydrogen-bond donors (Lipinski definition) is 1. The molecule has 0 aliphatic carbocycles. The van der Waals surface area contributed by atoms with Crippen molar-refractivity contribution < 1.29 is 5.11 Å². The van der Waals surface area contributed by atoms with Crippen LogP contribution >= 0.6 is 11.6 Å². The van der Waals surface area contributed by atoms with E-state index in [1.54, 1.807) is 12.1 Å². The van der Waals surface area contributed by atoms with Gasteiger partial charge in [-0.3, -0.25) is 4.98 Å². The molecule has 3 aromatic carbocycles. The first kappa shape index (κ1) is 22.1. The molecule has 168 valence electrons. The minimum atomic E-state index is -0.974. The van der Waals surface area contributed by atoms with Gasteiger partial charge in [0.15, 0.2) is 0 Å². The SMILES string of the molecule is Cc1c(C(O)c2ccc(Cl)cn2)ncn1C(c1ccccc1)(c1ccccc1)c1ccccc1. The van der Waals surface area contributed by atoms with E-state index in [4.69, 9.17) is 16.6 Å². The first-order chi connectivity index (χ1) is 16.6. The summed E-state index contributed by atoms with van der Waals surface area (Å²) >= 11 is 6.00. The molecule has 0 saturated carbocycles. The van der Waals surface area contributed by atoms with Crippen molar-refractivity contribution >= 4 is 11.6 Å². The Kier molecular flexibility index (Phi) is 6.01. The second-order valence-corrected chi connectivity index (χ2v) is 8.63. The summed E-state index contributed by atoms with van der Waals surface area (Å²) < 4.78 is 2.15. The molecule has 0 amide bonds. The summed E-state index contributed by atoms with van der Waals surface area (Å²) in [6.45, 7) is 1.99. The maximum atomic E-state index is 11.2. The number of pyridine rings is 1. The smallest absolute Gasteiger partial charge is 0.140 e. The minimum absolute atomic E-state index is 0.502. The fourth-order valence-corrected chi connectivity index (χ4v) is 4.79. The maximum Gasteiger partial charge on any atom is 0.140 e. The lowest BCUT2D eigenvalue weighted by atomic mass is 9.76. The van der Waals surface area contributed by atoms with E-state index in [0.29, 0.717) is 16.4 Å². The third-order valence-electron chi connectivity index (χ3n) is 6.27. The second-order valence-electron chi connectivity index (χ2n) is 8.20. The third kappa shape index (κ3) is 3.71. The van der Waals surface area contributed by atoms with Crippen molar-refractivity contribution in [3.63, 3.8) is 0 Å². The van der Waals surface area contributed by atoms with E-state index in [-0.39, 0.29) is 0 Å². The van der Waals surface area contributed by atoms with Crippen molar-refractivity contribution in [2.75, 3.05) is 0 Å². The summed E-state index contributed by atoms with van der Waals surface area (Å²) in [5, 5.41) is 11.7. The van der Waals surface area contributed by atoms with Crippen LogP contribution in [0.15, 0.2) is 116 Å². The first-order valence-electron chi connectivity index (χ1n) is 11.1. The Hall–Kier alpha value is -3.73. The summed E-state index contributed by atoms with van der Waals surface area (Å²) in [5.41, 5.74) is 4.51. The molecule has 2 aromatic heterocycles. The summed E-state index contributed by atoms with van der Waals surface area (Å²) in [5.74, 6) is 0. The minimum Gasteiger partial charge on any atom is -0.380 e. The number of rotatable bonds is 6. The average Bonchev–Trinajstić information content (AvgIpc) is 3.28. The van der Waals surface area contributed by atoms with Gasteiger partial charge in [-0.2, -0.15) is 0 Å². The Balaban J connectivity index is 1.78. The van der Waals surface area contributed by atoms with Gasteiger partial charge >= 0.3 is 0 Å². The van der Waals surface area contributed by atoms with Crippen LogP contribution in [0, 0.1) is 6.92 Å². The molecule has 0 spiro atoms. The van der Waals surface area contributed by atoms with Gasteiger partial charge in [-0.25, -0.2) is 4.98 Å². The normalized spacial score (nSPS) is 12.4. The highest BCUT2D eigenvalue weighted by Crippen LogP contribution is 2.42. The first-order valence-corrected chi connectivity index (χ1v) is 11.5. The molecule has 0 bridgehead atoms. The molecule has 5 aromatic rings. The largest absolute Gasteiger partial charge is 0.380 e. The molecule has 4 nitrogen and oxygen atoms in total. The molecule has 34 heavy (non-hydrogen) atoms. The van der Waals surface area contributed by atoms with Crippen LogP contribution in [0.5, 0.6) is 0 Å². The number of halogens is 1. The summed E-state index contributed by atoms with van der Waals surface area (Å²) in [7, 11) is 0. The standard InChI is InChI=1S/C29H24ClN3O/c1-21-27(28(34)26-18-17-25(30)19-31-26)32-20-33(21)29(22-11-5-2-6-12-22,23-13-7-3-8-14-23)24-15-9-4-10-16-24/h2-20,28,34H,1H3. The second kappa shape index (κ2) is 9.26. The van der Waals surface area contributed by atoms with Gasteiger partial charge in [-0.15, -0.1) is 0 Å². The van der Waals surface area contributed by atoms with Crippen LogP contribution < -0.4 is 0 Å². The molecule has 5 heteroatoms. The molecule has 1 atom stereocenters. The van der Waals surface area contributed by atoms with Crippen molar-refractivity contribution in [1.29, 1.82) is 0 Å². The van der Waals surface area contributed by atoms with Crippen LogP contribution in [0.25, 0.3) is 0 Å². The van der Waals surface area contributed by atoms with Crippen LogP contribution in [0.3, 0.4) is 0 Å². The van der Waals surface area contributed by atoms with Gasteiger partial charge in [0.2, 0.25) is 0 Å². The number of hydrogen-bond acceptors (Lipinski definition) is 3. The van der Waals surface area contributed by atoms with Gasteiger partial charge in [0.1, 0.15) is 11.6 Å². The van der Waals surface area contributed by atoms with Crippen LogP contribution in [0.2, 0.25) is 5.02 Å². The quantitative estimate of drug-likeness (QED) is 0.305. The van der Waals surface area contributed by atoms with E-state index in [1.165, 1.54) is 6.20 Å². The van der Waals surface area contributed by atoms with Gasteiger partial charge in [-0.05, 0) is 35.7 Å². The Morgan fingerprint density at radius 3 is 1.68 bits per heavy atom. The van der Waals surface area contributed by atoms with E-state index < -0.39 is 11.6 Å². The third-order valence-corrected chi connectivity index (χ3v) is 6.49. The number of aliphatic hydroxyl groups is 1. The predicted molar refractivity (Wildman–Crippen MR) is 135 cm³/mol. The van der Waals surface area contributed by atoms with Crippen molar-refractivity contribution in [3.8, 4) is 0 Å². The summed E-state index contributed by atoms with van der Waals surface area (Å²) in [6, 6.07) is 34.6. The fourth-order valence-electron chi connectivity index (χ4n) is 4.67. The molecule has 1 unspecified atom stereocenters. The molecule has 0 fully saturated rings. The number of aliphatic hydroxyl groups excluding tert-OH is 1. The number of nitrogens with zero attached hydrogens (tertiary/aromatic N) is 3. The van der Waals surface area contributed by atoms with Crippen LogP contribution in [0.4, 0.5) is 0 Å². The average molecular weight is 466 g/mol. The summed E-state index contributed by atoms with van der Waals surface area (Å²) in [6.07, 6.45) is 2.38. The van der Waals surface area contributed by atoms with Crippen molar-refractivity contribution in [3.05, 3.63) is 154 Å². The molecule has 0 aliphatic heterocycles. The van der Waals surface area contributed by atoms with Crippen molar-refractivity contribution in [2.24, 2.45) is 0 Å². The molecule has 0 saturated heterocycles. The monoisotopic (exact) mass is 465 g/mol. The van der Waals surface area contributed by atoms with E-state index >= 15 is 0 Å². The maximum absolute atomic E-state index is 11.2. The molecular weight excluding hydrogens is 442 g/mol. The molecule has 2 heterocycles. The topological polar surface area (TPSA) is 50.9 Å². The van der Waals surface area contributed by atoms with E-state index in [2.05, 4.69) is 82.3 Å². The molecule has 1 N–H and O–H groups in total. The van der Waals surface area contributed by atoms with Crippen LogP contribution in [-0.2, 0) is 5.54 Å². The Morgan fingerprint density at radius 1 is 0.735 bits per heavy atom. The van der Waals surface area contributed by atoms with Gasteiger partial charge in [0.25, 0.3) is 0 Å². The highest BCUT2D eigenvalue weighted by Gasteiger charge is 2.40. The highest BCUT2D eigenvalue weighted by atomic mass is 35.5.